The molecule has 4 aromatic rings. The van der Waals surface area contributed by atoms with E-state index in [9.17, 15) is 14.9 Å². The molecule has 0 N–H and O–H groups in total. The second-order valence-electron chi connectivity index (χ2n) is 9.90. The lowest BCUT2D eigenvalue weighted by atomic mass is 9.96. The molecule has 0 radical (unpaired) electrons. The molecule has 0 spiro atoms. The average molecular weight is 543 g/mol. The zero-order valence-corrected chi connectivity index (χ0v) is 23.7. The number of nitrogens with zero attached hydrogens (tertiary/aromatic N) is 4. The van der Waals surface area contributed by atoms with Crippen LogP contribution in [0.2, 0.25) is 0 Å². The van der Waals surface area contributed by atoms with Gasteiger partial charge in [-0.1, -0.05) is 39.0 Å². The molecule has 1 atom stereocenters. The lowest BCUT2D eigenvalue weighted by Crippen LogP contribution is -2.21. The summed E-state index contributed by atoms with van der Waals surface area (Å²) in [5.41, 5.74) is 3.00. The third kappa shape index (κ3) is 5.73. The number of benzene rings is 3. The number of ether oxygens (including phenoxy) is 2. The normalized spacial score (nSPS) is 12.3. The first-order valence-corrected chi connectivity index (χ1v) is 13.4. The average Bonchev–Trinajstić information content (AvgIpc) is 2.93. The van der Waals surface area contributed by atoms with Crippen molar-refractivity contribution in [2.75, 3.05) is 6.61 Å². The van der Waals surface area contributed by atoms with Crippen molar-refractivity contribution in [3.8, 4) is 22.9 Å². The molecule has 0 amide bonds. The van der Waals surface area contributed by atoms with Gasteiger partial charge in [-0.15, -0.1) is 0 Å². The highest BCUT2D eigenvalue weighted by atomic mass is 16.6. The van der Waals surface area contributed by atoms with Crippen LogP contribution in [0.3, 0.4) is 0 Å². The Labute approximate surface area is 233 Å². The summed E-state index contributed by atoms with van der Waals surface area (Å²) >= 11 is 0. The molecule has 1 aromatic heterocycles. The van der Waals surface area contributed by atoms with Gasteiger partial charge in [0.1, 0.15) is 5.75 Å². The number of nitro groups is 1. The van der Waals surface area contributed by atoms with E-state index in [1.807, 2.05) is 45.9 Å². The summed E-state index contributed by atoms with van der Waals surface area (Å²) in [7, 11) is 0. The molecule has 0 aliphatic carbocycles. The number of fused-ring (bicyclic) bond motifs is 1. The molecule has 1 heterocycles. The number of rotatable bonds is 10. The maximum absolute atomic E-state index is 13.8. The van der Waals surface area contributed by atoms with Gasteiger partial charge in [0.15, 0.2) is 5.82 Å². The van der Waals surface area contributed by atoms with E-state index in [1.165, 1.54) is 17.0 Å². The predicted molar refractivity (Wildman–Crippen MR) is 158 cm³/mol. The first kappa shape index (κ1) is 28.5. The quantitative estimate of drug-likeness (QED) is 0.123. The molecule has 0 aliphatic rings. The van der Waals surface area contributed by atoms with Crippen LogP contribution in [0.4, 0.5) is 5.69 Å². The van der Waals surface area contributed by atoms with Crippen molar-refractivity contribution < 1.29 is 14.4 Å². The minimum absolute atomic E-state index is 0.105. The van der Waals surface area contributed by atoms with Crippen LogP contribution in [0.1, 0.15) is 63.6 Å². The topological polar surface area (TPSA) is 109 Å². The van der Waals surface area contributed by atoms with Crippen LogP contribution in [0.15, 0.2) is 64.5 Å². The molecule has 3 aromatic carbocycles. The van der Waals surface area contributed by atoms with E-state index >= 15 is 0 Å². The summed E-state index contributed by atoms with van der Waals surface area (Å²) in [5, 5.41) is 16.7. The Bertz CT molecular complexity index is 1640. The van der Waals surface area contributed by atoms with Gasteiger partial charge < -0.3 is 9.47 Å². The van der Waals surface area contributed by atoms with Crippen molar-refractivity contribution in [3.05, 3.63) is 91.8 Å². The first-order chi connectivity index (χ1) is 19.2. The van der Waals surface area contributed by atoms with Gasteiger partial charge in [-0.25, -0.2) is 4.98 Å². The Morgan fingerprint density at radius 3 is 2.52 bits per heavy atom. The lowest BCUT2D eigenvalue weighted by molar-refractivity contribution is -0.386. The van der Waals surface area contributed by atoms with Gasteiger partial charge in [0.2, 0.25) is 5.75 Å². The standard InChI is InChI=1S/C31H34N4O5/c1-7-21(6)40-29-22(12-11-15-27(29)35(37)38)18-32-34-30(33-26-14-10-9-13-23(26)31(34)36)25-17-24(19(3)4)28(39-8-2)16-20(25)5/h9-19,21H,7-8H2,1-6H3/t21-/m1/s1. The van der Waals surface area contributed by atoms with Gasteiger partial charge in [0, 0.05) is 17.2 Å². The number of hydrogen-bond donors (Lipinski definition) is 0. The van der Waals surface area contributed by atoms with E-state index in [4.69, 9.17) is 14.5 Å². The fourth-order valence-corrected chi connectivity index (χ4v) is 4.40. The van der Waals surface area contributed by atoms with Crippen molar-refractivity contribution in [1.29, 1.82) is 0 Å². The second kappa shape index (κ2) is 12.1. The summed E-state index contributed by atoms with van der Waals surface area (Å²) in [4.78, 5) is 29.9. The Hall–Kier alpha value is -4.53. The Morgan fingerprint density at radius 1 is 1.10 bits per heavy atom. The van der Waals surface area contributed by atoms with Gasteiger partial charge in [-0.2, -0.15) is 9.78 Å². The minimum atomic E-state index is -0.485. The molecule has 208 valence electrons. The molecule has 0 unspecified atom stereocenters. The van der Waals surface area contributed by atoms with Gasteiger partial charge in [0.25, 0.3) is 5.56 Å². The number of para-hydroxylation sites is 2. The molecule has 9 nitrogen and oxygen atoms in total. The molecular formula is C31H34N4O5. The number of hydrogen-bond acceptors (Lipinski definition) is 7. The zero-order valence-electron chi connectivity index (χ0n) is 23.7. The minimum Gasteiger partial charge on any atom is -0.494 e. The summed E-state index contributed by atoms with van der Waals surface area (Å²) < 4.78 is 13.1. The first-order valence-electron chi connectivity index (χ1n) is 13.4. The van der Waals surface area contributed by atoms with Gasteiger partial charge in [0.05, 0.1) is 34.8 Å². The zero-order chi connectivity index (χ0) is 29.0. The molecule has 40 heavy (non-hydrogen) atoms. The molecule has 9 heteroatoms. The van der Waals surface area contributed by atoms with Crippen molar-refractivity contribution in [2.45, 2.75) is 60.0 Å². The third-order valence-corrected chi connectivity index (χ3v) is 6.70. The van der Waals surface area contributed by atoms with Crippen molar-refractivity contribution in [1.82, 2.24) is 9.66 Å². The number of nitro benzene ring substituents is 1. The Kier molecular flexibility index (Phi) is 8.62. The molecule has 0 bridgehead atoms. The maximum Gasteiger partial charge on any atom is 0.311 e. The van der Waals surface area contributed by atoms with Crippen molar-refractivity contribution >= 4 is 22.8 Å². The van der Waals surface area contributed by atoms with Crippen LogP contribution in [-0.2, 0) is 0 Å². The van der Waals surface area contributed by atoms with Crippen LogP contribution in [-0.4, -0.2) is 33.5 Å². The van der Waals surface area contributed by atoms with Crippen LogP contribution in [0.25, 0.3) is 22.3 Å². The van der Waals surface area contributed by atoms with Gasteiger partial charge >= 0.3 is 5.69 Å². The van der Waals surface area contributed by atoms with E-state index in [2.05, 4.69) is 18.9 Å². The smallest absolute Gasteiger partial charge is 0.311 e. The highest BCUT2D eigenvalue weighted by Gasteiger charge is 2.22. The van der Waals surface area contributed by atoms with Gasteiger partial charge in [-0.3, -0.25) is 14.9 Å². The molecule has 0 saturated carbocycles. The summed E-state index contributed by atoms with van der Waals surface area (Å²) in [6, 6.07) is 15.7. The maximum atomic E-state index is 13.8. The summed E-state index contributed by atoms with van der Waals surface area (Å²) in [6.07, 6.45) is 1.82. The predicted octanol–water partition coefficient (Wildman–Crippen LogP) is 6.86. The Balaban J connectivity index is 1.97. The number of aryl methyl sites for hydroxylation is 1. The monoisotopic (exact) mass is 542 g/mol. The van der Waals surface area contributed by atoms with Crippen molar-refractivity contribution in [2.24, 2.45) is 5.10 Å². The third-order valence-electron chi connectivity index (χ3n) is 6.70. The fourth-order valence-electron chi connectivity index (χ4n) is 4.40. The Morgan fingerprint density at radius 2 is 1.85 bits per heavy atom. The van der Waals surface area contributed by atoms with E-state index in [0.717, 1.165) is 22.4 Å². The van der Waals surface area contributed by atoms with E-state index in [1.54, 1.807) is 30.3 Å². The highest BCUT2D eigenvalue weighted by molar-refractivity contribution is 5.86. The lowest BCUT2D eigenvalue weighted by Gasteiger charge is -2.18. The SMILES string of the molecule is CCOc1cc(C)c(-c2nc3ccccc3c(=O)n2N=Cc2cccc([N+](=O)[O-])c2O[C@H](C)CC)cc1C(C)C. The molecule has 0 saturated heterocycles. The van der Waals surface area contributed by atoms with Crippen LogP contribution in [0, 0.1) is 17.0 Å². The van der Waals surface area contributed by atoms with Gasteiger partial charge in [-0.05, 0) is 74.6 Å². The second-order valence-corrected chi connectivity index (χ2v) is 9.90. The van der Waals surface area contributed by atoms with Crippen LogP contribution in [0.5, 0.6) is 11.5 Å². The summed E-state index contributed by atoms with van der Waals surface area (Å²) in [6.45, 7) is 12.4. The summed E-state index contributed by atoms with van der Waals surface area (Å²) in [5.74, 6) is 1.42. The molecular weight excluding hydrogens is 508 g/mol. The van der Waals surface area contributed by atoms with E-state index < -0.39 is 4.92 Å². The van der Waals surface area contributed by atoms with Crippen LogP contribution >= 0.6 is 0 Å². The molecule has 4 rings (SSSR count). The van der Waals surface area contributed by atoms with Crippen LogP contribution < -0.4 is 15.0 Å². The highest BCUT2D eigenvalue weighted by Crippen LogP contribution is 2.35. The number of aromatic nitrogens is 2. The van der Waals surface area contributed by atoms with E-state index in [-0.39, 0.29) is 29.0 Å². The largest absolute Gasteiger partial charge is 0.494 e. The molecule has 0 aliphatic heterocycles. The molecule has 0 fully saturated rings. The fraction of sp³-hybridized carbons (Fsp3) is 0.323. The van der Waals surface area contributed by atoms with E-state index in [0.29, 0.717) is 35.3 Å². The van der Waals surface area contributed by atoms with Crippen molar-refractivity contribution in [3.63, 3.8) is 0 Å².